The Kier molecular flexibility index (Phi) is 4.88. The fraction of sp³-hybridized carbons (Fsp3) is 0.611. The molecule has 1 amide bonds. The van der Waals surface area contributed by atoms with Crippen LogP contribution in [-0.4, -0.2) is 31.7 Å². The molecule has 2 fully saturated rings. The van der Waals surface area contributed by atoms with Crippen LogP contribution in [0.3, 0.4) is 0 Å². The largest absolute Gasteiger partial charge is 0.486 e. The maximum atomic E-state index is 12.9. The summed E-state index contributed by atoms with van der Waals surface area (Å²) in [7, 11) is 0. The van der Waals surface area contributed by atoms with Gasteiger partial charge in [0.05, 0.1) is 12.0 Å². The normalized spacial score (nSPS) is 29.0. The lowest BCUT2D eigenvalue weighted by Crippen LogP contribution is -2.48. The lowest BCUT2D eigenvalue weighted by molar-refractivity contribution is -0.127. The molecule has 7 heteroatoms. The van der Waals surface area contributed by atoms with Gasteiger partial charge in [0.2, 0.25) is 5.91 Å². The number of carbonyl (C=O) groups is 1. The minimum absolute atomic E-state index is 0.0205. The molecule has 136 valence electrons. The van der Waals surface area contributed by atoms with Gasteiger partial charge in [0.15, 0.2) is 11.5 Å². The molecule has 3 aliphatic rings. The molecule has 0 spiro atoms. The van der Waals surface area contributed by atoms with E-state index in [-0.39, 0.29) is 23.9 Å². The molecule has 3 N–H and O–H groups in total. The molecule has 1 aromatic carbocycles. The van der Waals surface area contributed by atoms with Crippen molar-refractivity contribution < 1.29 is 14.3 Å². The van der Waals surface area contributed by atoms with Crippen LogP contribution in [0.2, 0.25) is 0 Å². The highest BCUT2D eigenvalue weighted by atomic mass is 79.9. The molecule has 1 aliphatic carbocycles. The standard InChI is InChI=1S/C18H24BrN3O3/c1-10(13-7-15-16(8-14(13)19)25-6-5-24-15)21-18(23)12-4-2-3-11-9-20-22-17(11)12/h7-8,10-12,17,20,22H,2-6,9H2,1H3,(H,21,23). The van der Waals surface area contributed by atoms with E-state index in [0.29, 0.717) is 19.1 Å². The Morgan fingerprint density at radius 2 is 2.04 bits per heavy atom. The quantitative estimate of drug-likeness (QED) is 0.714. The van der Waals surface area contributed by atoms with Crippen molar-refractivity contribution in [2.75, 3.05) is 19.8 Å². The van der Waals surface area contributed by atoms with Crippen molar-refractivity contribution >= 4 is 21.8 Å². The van der Waals surface area contributed by atoms with E-state index in [0.717, 1.165) is 40.9 Å². The first-order valence-electron chi connectivity index (χ1n) is 9.01. The third-order valence-electron chi connectivity index (χ3n) is 5.49. The fourth-order valence-corrected chi connectivity index (χ4v) is 4.81. The maximum absolute atomic E-state index is 12.9. The summed E-state index contributed by atoms with van der Waals surface area (Å²) in [4.78, 5) is 12.9. The second-order valence-electron chi connectivity index (χ2n) is 7.10. The van der Waals surface area contributed by atoms with Crippen LogP contribution >= 0.6 is 15.9 Å². The summed E-state index contributed by atoms with van der Waals surface area (Å²) < 4.78 is 12.2. The van der Waals surface area contributed by atoms with Gasteiger partial charge in [-0.15, -0.1) is 0 Å². The number of benzene rings is 1. The summed E-state index contributed by atoms with van der Waals surface area (Å²) in [6.45, 7) is 4.08. The SMILES string of the molecule is CC(NC(=O)C1CCCC2CNNC21)c1cc2c(cc1Br)OCCO2. The molecule has 25 heavy (non-hydrogen) atoms. The number of hydrogen-bond acceptors (Lipinski definition) is 5. The minimum Gasteiger partial charge on any atom is -0.486 e. The lowest BCUT2D eigenvalue weighted by Gasteiger charge is -2.32. The van der Waals surface area contributed by atoms with Gasteiger partial charge in [-0.25, -0.2) is 0 Å². The number of nitrogens with one attached hydrogen (secondary N) is 3. The number of rotatable bonds is 3. The molecule has 0 bridgehead atoms. The van der Waals surface area contributed by atoms with Gasteiger partial charge < -0.3 is 14.8 Å². The number of ether oxygens (including phenoxy) is 2. The van der Waals surface area contributed by atoms with Crippen LogP contribution in [0.5, 0.6) is 11.5 Å². The molecule has 4 rings (SSSR count). The predicted octanol–water partition coefficient (Wildman–Crippen LogP) is 2.29. The van der Waals surface area contributed by atoms with E-state index in [9.17, 15) is 4.79 Å². The molecule has 4 atom stereocenters. The Morgan fingerprint density at radius 1 is 1.28 bits per heavy atom. The third kappa shape index (κ3) is 3.37. The van der Waals surface area contributed by atoms with Crippen LogP contribution in [-0.2, 0) is 4.79 Å². The zero-order valence-electron chi connectivity index (χ0n) is 14.3. The summed E-state index contributed by atoms with van der Waals surface area (Å²) >= 11 is 3.60. The van der Waals surface area contributed by atoms with E-state index in [1.165, 1.54) is 6.42 Å². The smallest absolute Gasteiger partial charge is 0.225 e. The van der Waals surface area contributed by atoms with Crippen LogP contribution < -0.4 is 25.6 Å². The highest BCUT2D eigenvalue weighted by Gasteiger charge is 2.40. The van der Waals surface area contributed by atoms with E-state index in [1.54, 1.807) is 0 Å². The van der Waals surface area contributed by atoms with Gasteiger partial charge in [0.1, 0.15) is 13.2 Å². The number of amides is 1. The maximum Gasteiger partial charge on any atom is 0.225 e. The van der Waals surface area contributed by atoms with E-state index in [1.807, 2.05) is 19.1 Å². The van der Waals surface area contributed by atoms with Crippen molar-refractivity contribution in [1.82, 2.24) is 16.2 Å². The molecular formula is C18H24BrN3O3. The minimum atomic E-state index is -0.104. The van der Waals surface area contributed by atoms with Gasteiger partial charge in [-0.05, 0) is 43.4 Å². The van der Waals surface area contributed by atoms with Gasteiger partial charge in [-0.2, -0.15) is 0 Å². The van der Waals surface area contributed by atoms with E-state index in [4.69, 9.17) is 9.47 Å². The van der Waals surface area contributed by atoms with Crippen LogP contribution in [0, 0.1) is 11.8 Å². The molecule has 1 aromatic rings. The first kappa shape index (κ1) is 17.1. The van der Waals surface area contributed by atoms with Gasteiger partial charge >= 0.3 is 0 Å². The Balaban J connectivity index is 1.48. The summed E-state index contributed by atoms with van der Waals surface area (Å²) in [6.07, 6.45) is 3.25. The van der Waals surface area contributed by atoms with Gasteiger partial charge in [0.25, 0.3) is 0 Å². The second kappa shape index (κ2) is 7.13. The monoisotopic (exact) mass is 409 g/mol. The fourth-order valence-electron chi connectivity index (χ4n) is 4.15. The predicted molar refractivity (Wildman–Crippen MR) is 97.4 cm³/mol. The van der Waals surface area contributed by atoms with Gasteiger partial charge in [-0.3, -0.25) is 15.6 Å². The second-order valence-corrected chi connectivity index (χ2v) is 7.95. The molecule has 2 aliphatic heterocycles. The number of fused-ring (bicyclic) bond motifs is 2. The number of hydrogen-bond donors (Lipinski definition) is 3. The van der Waals surface area contributed by atoms with E-state index < -0.39 is 0 Å². The average molecular weight is 410 g/mol. The molecule has 2 heterocycles. The number of halogens is 1. The first-order chi connectivity index (χ1) is 12.1. The Hall–Kier alpha value is -1.31. The summed E-state index contributed by atoms with van der Waals surface area (Å²) in [5.41, 5.74) is 7.51. The Morgan fingerprint density at radius 3 is 2.84 bits per heavy atom. The zero-order valence-corrected chi connectivity index (χ0v) is 15.9. The van der Waals surface area contributed by atoms with Crippen molar-refractivity contribution in [3.63, 3.8) is 0 Å². The van der Waals surface area contributed by atoms with Crippen molar-refractivity contribution in [2.45, 2.75) is 38.3 Å². The molecular weight excluding hydrogens is 386 g/mol. The molecule has 1 saturated carbocycles. The van der Waals surface area contributed by atoms with E-state index >= 15 is 0 Å². The van der Waals surface area contributed by atoms with Crippen LogP contribution in [0.15, 0.2) is 16.6 Å². The Labute approximate surface area is 156 Å². The summed E-state index contributed by atoms with van der Waals surface area (Å²) in [5, 5.41) is 3.19. The topological polar surface area (TPSA) is 71.6 Å². The van der Waals surface area contributed by atoms with Crippen LogP contribution in [0.25, 0.3) is 0 Å². The molecule has 0 aromatic heterocycles. The van der Waals surface area contributed by atoms with Crippen molar-refractivity contribution in [3.05, 3.63) is 22.2 Å². The molecule has 0 radical (unpaired) electrons. The van der Waals surface area contributed by atoms with Gasteiger partial charge in [-0.1, -0.05) is 22.4 Å². The molecule has 6 nitrogen and oxygen atoms in total. The van der Waals surface area contributed by atoms with E-state index in [2.05, 4.69) is 32.1 Å². The first-order valence-corrected chi connectivity index (χ1v) is 9.80. The van der Waals surface area contributed by atoms with Crippen LogP contribution in [0.4, 0.5) is 0 Å². The van der Waals surface area contributed by atoms with Crippen LogP contribution in [0.1, 0.15) is 37.8 Å². The third-order valence-corrected chi connectivity index (χ3v) is 6.17. The van der Waals surface area contributed by atoms with Gasteiger partial charge in [0, 0.05) is 17.1 Å². The zero-order chi connectivity index (χ0) is 17.4. The lowest BCUT2D eigenvalue weighted by atomic mass is 9.77. The number of hydrazine groups is 1. The molecule has 4 unspecified atom stereocenters. The van der Waals surface area contributed by atoms with Crippen molar-refractivity contribution in [1.29, 1.82) is 0 Å². The molecule has 1 saturated heterocycles. The highest BCUT2D eigenvalue weighted by molar-refractivity contribution is 9.10. The summed E-state index contributed by atoms with van der Waals surface area (Å²) in [5.74, 6) is 2.19. The average Bonchev–Trinajstić information content (AvgIpc) is 3.09. The van der Waals surface area contributed by atoms with Crippen molar-refractivity contribution in [3.8, 4) is 11.5 Å². The highest BCUT2D eigenvalue weighted by Crippen LogP contribution is 2.38. The van der Waals surface area contributed by atoms with Crippen molar-refractivity contribution in [2.24, 2.45) is 11.8 Å². The summed E-state index contributed by atoms with van der Waals surface area (Å²) in [6, 6.07) is 4.02. The Bertz CT molecular complexity index is 669. The number of carbonyl (C=O) groups excluding carboxylic acids is 1.